The lowest BCUT2D eigenvalue weighted by Gasteiger charge is -2.41. The van der Waals surface area contributed by atoms with Gasteiger partial charge in [0.25, 0.3) is 0 Å². The predicted molar refractivity (Wildman–Crippen MR) is 64.1 cm³/mol. The van der Waals surface area contributed by atoms with Crippen molar-refractivity contribution in [2.24, 2.45) is 0 Å². The average Bonchev–Trinajstić information content (AvgIpc) is 2.92. The highest BCUT2D eigenvalue weighted by Gasteiger charge is 2.38. The molecule has 3 rings (SSSR count). The fourth-order valence-corrected chi connectivity index (χ4v) is 2.82. The van der Waals surface area contributed by atoms with Gasteiger partial charge in [0.05, 0.1) is 37.1 Å². The molecule has 1 aromatic rings. The summed E-state index contributed by atoms with van der Waals surface area (Å²) in [5, 5.41) is 7.85. The predicted octanol–water partition coefficient (Wildman–Crippen LogP) is 1.29. The molecule has 0 saturated carbocycles. The highest BCUT2D eigenvalue weighted by Crippen LogP contribution is 2.31. The Morgan fingerprint density at radius 3 is 3.05 bits per heavy atom. The van der Waals surface area contributed by atoms with Crippen LogP contribution in [-0.2, 0) is 16.1 Å². The van der Waals surface area contributed by atoms with E-state index >= 15 is 0 Å². The first-order valence-corrected chi connectivity index (χ1v) is 6.79. The van der Waals surface area contributed by atoms with E-state index in [-0.39, 0.29) is 12.1 Å². The van der Waals surface area contributed by atoms with Crippen molar-refractivity contribution in [1.82, 2.24) is 19.9 Å². The standard InChI is InChI=1S/C12H15F3N4O2/c13-12(14,15)3-1-11(20)18-4-2-9-10(6-18)21-7-8-5-16-17-19(8)9/h5,9-10H,1-4,6-7H2/t9-,10-/m0/s1. The summed E-state index contributed by atoms with van der Waals surface area (Å²) >= 11 is 0. The zero-order chi connectivity index (χ0) is 15.0. The van der Waals surface area contributed by atoms with E-state index < -0.39 is 24.9 Å². The van der Waals surface area contributed by atoms with Crippen LogP contribution in [0.15, 0.2) is 6.20 Å². The molecule has 0 aliphatic carbocycles. The third-order valence-electron chi connectivity index (χ3n) is 3.91. The average molecular weight is 304 g/mol. The lowest BCUT2D eigenvalue weighted by atomic mass is 9.99. The Hall–Kier alpha value is -1.64. The van der Waals surface area contributed by atoms with Crippen LogP contribution >= 0.6 is 0 Å². The van der Waals surface area contributed by atoms with Gasteiger partial charge in [-0.25, -0.2) is 4.68 Å². The van der Waals surface area contributed by atoms with Crippen molar-refractivity contribution in [3.8, 4) is 0 Å². The molecule has 2 aliphatic rings. The van der Waals surface area contributed by atoms with Crippen LogP contribution in [-0.4, -0.2) is 51.2 Å². The number of rotatable bonds is 2. The number of aromatic nitrogens is 3. The molecule has 0 aromatic carbocycles. The number of likely N-dealkylation sites (tertiary alicyclic amines) is 1. The zero-order valence-electron chi connectivity index (χ0n) is 11.2. The van der Waals surface area contributed by atoms with E-state index in [1.165, 1.54) is 4.90 Å². The van der Waals surface area contributed by atoms with Crippen LogP contribution in [0.2, 0.25) is 0 Å². The number of ether oxygens (including phenoxy) is 1. The van der Waals surface area contributed by atoms with E-state index in [1.807, 2.05) is 0 Å². The molecule has 1 amide bonds. The number of hydrogen-bond donors (Lipinski definition) is 0. The van der Waals surface area contributed by atoms with E-state index in [9.17, 15) is 18.0 Å². The number of alkyl halides is 3. The molecule has 0 radical (unpaired) electrons. The number of fused-ring (bicyclic) bond motifs is 3. The van der Waals surface area contributed by atoms with Gasteiger partial charge in [-0.1, -0.05) is 5.21 Å². The van der Waals surface area contributed by atoms with Gasteiger partial charge < -0.3 is 9.64 Å². The van der Waals surface area contributed by atoms with Crippen LogP contribution < -0.4 is 0 Å². The van der Waals surface area contributed by atoms with Gasteiger partial charge in [0, 0.05) is 19.5 Å². The van der Waals surface area contributed by atoms with Crippen LogP contribution in [0.25, 0.3) is 0 Å². The highest BCUT2D eigenvalue weighted by atomic mass is 19.4. The van der Waals surface area contributed by atoms with Crippen molar-refractivity contribution < 1.29 is 22.7 Å². The monoisotopic (exact) mass is 304 g/mol. The lowest BCUT2D eigenvalue weighted by Crippen LogP contribution is -2.50. The summed E-state index contributed by atoms with van der Waals surface area (Å²) in [7, 11) is 0. The molecule has 0 N–H and O–H groups in total. The molecule has 9 heteroatoms. The summed E-state index contributed by atoms with van der Waals surface area (Å²) in [6, 6.07) is 0.00270. The van der Waals surface area contributed by atoms with Gasteiger partial charge in [0.15, 0.2) is 0 Å². The maximum Gasteiger partial charge on any atom is 0.389 e. The largest absolute Gasteiger partial charge is 0.389 e. The van der Waals surface area contributed by atoms with Crippen LogP contribution in [0.5, 0.6) is 0 Å². The molecule has 0 spiro atoms. The quantitative estimate of drug-likeness (QED) is 0.826. The topological polar surface area (TPSA) is 60.3 Å². The van der Waals surface area contributed by atoms with Crippen LogP contribution in [0.3, 0.4) is 0 Å². The normalized spacial score (nSPS) is 25.4. The lowest BCUT2D eigenvalue weighted by molar-refractivity contribution is -0.153. The molecule has 6 nitrogen and oxygen atoms in total. The molecule has 1 saturated heterocycles. The molecule has 116 valence electrons. The van der Waals surface area contributed by atoms with Crippen molar-refractivity contribution in [3.05, 3.63) is 11.9 Å². The minimum atomic E-state index is -4.30. The van der Waals surface area contributed by atoms with E-state index in [2.05, 4.69) is 10.3 Å². The van der Waals surface area contributed by atoms with E-state index in [0.717, 1.165) is 5.69 Å². The Kier molecular flexibility index (Phi) is 3.60. The van der Waals surface area contributed by atoms with E-state index in [0.29, 0.717) is 26.1 Å². The first-order chi connectivity index (χ1) is 9.94. The molecule has 1 aromatic heterocycles. The number of carbonyl (C=O) groups is 1. The maximum atomic E-state index is 12.2. The summed E-state index contributed by atoms with van der Waals surface area (Å²) in [6.45, 7) is 1.08. The van der Waals surface area contributed by atoms with Crippen LogP contribution in [0.1, 0.15) is 31.0 Å². The molecule has 1 fully saturated rings. The summed E-state index contributed by atoms with van der Waals surface area (Å²) in [5.74, 6) is -0.473. The van der Waals surface area contributed by atoms with Crippen molar-refractivity contribution in [1.29, 1.82) is 0 Å². The fourth-order valence-electron chi connectivity index (χ4n) is 2.82. The number of halogens is 3. The van der Waals surface area contributed by atoms with Crippen molar-refractivity contribution in [3.63, 3.8) is 0 Å². The molecule has 2 aliphatic heterocycles. The number of nitrogens with zero attached hydrogens (tertiary/aromatic N) is 4. The molecule has 0 bridgehead atoms. The van der Waals surface area contributed by atoms with Gasteiger partial charge in [-0.3, -0.25) is 4.79 Å². The second-order valence-corrected chi connectivity index (χ2v) is 5.33. The van der Waals surface area contributed by atoms with Gasteiger partial charge in [-0.05, 0) is 6.42 Å². The van der Waals surface area contributed by atoms with Gasteiger partial charge in [-0.15, -0.1) is 5.10 Å². The van der Waals surface area contributed by atoms with Gasteiger partial charge >= 0.3 is 6.18 Å². The van der Waals surface area contributed by atoms with Crippen molar-refractivity contribution in [2.75, 3.05) is 13.1 Å². The Balaban J connectivity index is 1.60. The van der Waals surface area contributed by atoms with Crippen LogP contribution in [0.4, 0.5) is 13.2 Å². The summed E-state index contributed by atoms with van der Waals surface area (Å²) in [5.41, 5.74) is 0.882. The zero-order valence-corrected chi connectivity index (χ0v) is 11.2. The first-order valence-electron chi connectivity index (χ1n) is 6.79. The molecular formula is C12H15F3N4O2. The minimum Gasteiger partial charge on any atom is -0.368 e. The Morgan fingerprint density at radius 1 is 1.48 bits per heavy atom. The summed E-state index contributed by atoms with van der Waals surface area (Å²) in [6.07, 6.45) is -3.87. The number of carbonyl (C=O) groups excluding carboxylic acids is 1. The summed E-state index contributed by atoms with van der Waals surface area (Å²) < 4.78 is 44.0. The SMILES string of the molecule is O=C(CCC(F)(F)F)N1CC[C@H]2[C@H](C1)OCc1cnnn12. The van der Waals surface area contributed by atoms with Gasteiger partial charge in [0.2, 0.25) is 5.91 Å². The molecule has 3 heterocycles. The number of amides is 1. The van der Waals surface area contributed by atoms with E-state index in [4.69, 9.17) is 4.74 Å². The second kappa shape index (κ2) is 5.28. The molecule has 2 atom stereocenters. The highest BCUT2D eigenvalue weighted by molar-refractivity contribution is 5.76. The third-order valence-corrected chi connectivity index (χ3v) is 3.91. The number of piperidine rings is 1. The smallest absolute Gasteiger partial charge is 0.368 e. The Labute approximate surface area is 118 Å². The van der Waals surface area contributed by atoms with Gasteiger partial charge in [-0.2, -0.15) is 13.2 Å². The summed E-state index contributed by atoms with van der Waals surface area (Å²) in [4.78, 5) is 13.3. The Bertz CT molecular complexity index is 531. The van der Waals surface area contributed by atoms with Crippen molar-refractivity contribution >= 4 is 5.91 Å². The van der Waals surface area contributed by atoms with E-state index in [1.54, 1.807) is 10.9 Å². The first kappa shape index (κ1) is 14.3. The molecule has 0 unspecified atom stereocenters. The third kappa shape index (κ3) is 3.02. The number of hydrogen-bond acceptors (Lipinski definition) is 4. The maximum absolute atomic E-state index is 12.2. The fraction of sp³-hybridized carbons (Fsp3) is 0.750. The van der Waals surface area contributed by atoms with Crippen LogP contribution in [0, 0.1) is 0 Å². The Morgan fingerprint density at radius 2 is 2.29 bits per heavy atom. The molecular weight excluding hydrogens is 289 g/mol. The second-order valence-electron chi connectivity index (χ2n) is 5.33. The van der Waals surface area contributed by atoms with Gasteiger partial charge in [0.1, 0.15) is 0 Å². The molecule has 21 heavy (non-hydrogen) atoms. The van der Waals surface area contributed by atoms with Crippen molar-refractivity contribution in [2.45, 2.75) is 44.2 Å². The minimum absolute atomic E-state index is 0.00270.